The molecule has 1 N–H and O–H groups in total. The standard InChI is InChI=1S/C25H38O3Si/c1-17(2)29(18(3)4,19(5)6)28-24-16-22(14-15-23(24)27-8)20(7)25(26)21-12-10-9-11-13-21/h9-20,25-26H,1-8H3/t20-,25-/m1/s1. The van der Waals surface area contributed by atoms with Gasteiger partial charge in [-0.15, -0.1) is 0 Å². The van der Waals surface area contributed by atoms with E-state index in [0.29, 0.717) is 16.6 Å². The van der Waals surface area contributed by atoms with Crippen molar-refractivity contribution in [2.24, 2.45) is 0 Å². The van der Waals surface area contributed by atoms with Crippen LogP contribution in [0.2, 0.25) is 16.6 Å². The molecule has 0 radical (unpaired) electrons. The predicted molar refractivity (Wildman–Crippen MR) is 124 cm³/mol. The summed E-state index contributed by atoms with van der Waals surface area (Å²) < 4.78 is 12.6. The summed E-state index contributed by atoms with van der Waals surface area (Å²) in [7, 11) is -0.419. The number of ether oxygens (including phenoxy) is 1. The van der Waals surface area contributed by atoms with Gasteiger partial charge in [0.2, 0.25) is 0 Å². The van der Waals surface area contributed by atoms with Crippen LogP contribution in [-0.2, 0) is 0 Å². The molecular formula is C25H38O3Si. The Morgan fingerprint density at radius 2 is 1.28 bits per heavy atom. The van der Waals surface area contributed by atoms with Gasteiger partial charge in [0.05, 0.1) is 13.2 Å². The summed E-state index contributed by atoms with van der Waals surface area (Å²) in [6.45, 7) is 15.7. The quantitative estimate of drug-likeness (QED) is 0.445. The summed E-state index contributed by atoms with van der Waals surface area (Å²) in [6, 6.07) is 15.9. The molecule has 2 aromatic rings. The summed E-state index contributed by atoms with van der Waals surface area (Å²) in [5.74, 6) is 1.51. The van der Waals surface area contributed by atoms with Crippen molar-refractivity contribution in [1.82, 2.24) is 0 Å². The highest BCUT2D eigenvalue weighted by atomic mass is 28.4. The lowest BCUT2D eigenvalue weighted by Crippen LogP contribution is -2.50. The van der Waals surface area contributed by atoms with E-state index in [0.717, 1.165) is 22.6 Å². The Hall–Kier alpha value is -1.78. The lowest BCUT2D eigenvalue weighted by molar-refractivity contribution is 0.151. The molecule has 29 heavy (non-hydrogen) atoms. The maximum atomic E-state index is 10.9. The van der Waals surface area contributed by atoms with Crippen LogP contribution in [0.1, 0.15) is 71.6 Å². The zero-order valence-electron chi connectivity index (χ0n) is 19.3. The summed E-state index contributed by atoms with van der Waals surface area (Å²) in [6.07, 6.45) is -0.570. The number of aliphatic hydroxyl groups is 1. The largest absolute Gasteiger partial charge is 0.540 e. The molecule has 2 atom stereocenters. The molecule has 0 saturated carbocycles. The summed E-state index contributed by atoms with van der Waals surface area (Å²) in [4.78, 5) is 0. The molecular weight excluding hydrogens is 376 g/mol. The van der Waals surface area contributed by atoms with E-state index in [1.165, 1.54) is 0 Å². The van der Waals surface area contributed by atoms with Crippen LogP contribution >= 0.6 is 0 Å². The van der Waals surface area contributed by atoms with Crippen molar-refractivity contribution in [2.45, 2.75) is 77.1 Å². The molecule has 0 aliphatic heterocycles. The first kappa shape index (κ1) is 23.5. The Morgan fingerprint density at radius 1 is 0.724 bits per heavy atom. The molecule has 0 bridgehead atoms. The average Bonchev–Trinajstić information content (AvgIpc) is 2.70. The van der Waals surface area contributed by atoms with Crippen molar-refractivity contribution in [2.75, 3.05) is 7.11 Å². The molecule has 3 nitrogen and oxygen atoms in total. The molecule has 2 rings (SSSR count). The van der Waals surface area contributed by atoms with E-state index in [1.807, 2.05) is 42.5 Å². The van der Waals surface area contributed by atoms with Crippen LogP contribution in [0, 0.1) is 0 Å². The van der Waals surface area contributed by atoms with Crippen LogP contribution < -0.4 is 9.16 Å². The summed E-state index contributed by atoms with van der Waals surface area (Å²) in [5, 5.41) is 10.9. The molecule has 0 aliphatic rings. The smallest absolute Gasteiger partial charge is 0.258 e. The fraction of sp³-hybridized carbons (Fsp3) is 0.520. The fourth-order valence-electron chi connectivity index (χ4n) is 4.72. The highest BCUT2D eigenvalue weighted by Crippen LogP contribution is 2.45. The maximum Gasteiger partial charge on any atom is 0.258 e. The van der Waals surface area contributed by atoms with Gasteiger partial charge in [0.25, 0.3) is 8.32 Å². The van der Waals surface area contributed by atoms with Gasteiger partial charge in [-0.1, -0.05) is 84.9 Å². The minimum absolute atomic E-state index is 0.0566. The first-order valence-electron chi connectivity index (χ1n) is 10.7. The number of benzene rings is 2. The topological polar surface area (TPSA) is 38.7 Å². The average molecular weight is 415 g/mol. The Balaban J connectivity index is 2.45. The highest BCUT2D eigenvalue weighted by molar-refractivity contribution is 6.78. The van der Waals surface area contributed by atoms with Crippen LogP contribution in [0.15, 0.2) is 48.5 Å². The Bertz CT molecular complexity index is 749. The Kier molecular flexibility index (Phi) is 7.95. The monoisotopic (exact) mass is 414 g/mol. The van der Waals surface area contributed by atoms with E-state index in [1.54, 1.807) is 7.11 Å². The third kappa shape index (κ3) is 4.87. The molecule has 160 valence electrons. The molecule has 0 aliphatic carbocycles. The molecule has 0 heterocycles. The predicted octanol–water partition coefficient (Wildman–Crippen LogP) is 7.09. The number of methoxy groups -OCH3 is 1. The minimum atomic E-state index is -2.11. The van der Waals surface area contributed by atoms with Gasteiger partial charge in [-0.05, 0) is 39.9 Å². The van der Waals surface area contributed by atoms with E-state index < -0.39 is 14.4 Å². The van der Waals surface area contributed by atoms with Crippen LogP contribution in [0.3, 0.4) is 0 Å². The molecule has 0 saturated heterocycles. The van der Waals surface area contributed by atoms with Crippen molar-refractivity contribution in [1.29, 1.82) is 0 Å². The number of hydrogen-bond acceptors (Lipinski definition) is 3. The van der Waals surface area contributed by atoms with E-state index in [4.69, 9.17) is 9.16 Å². The van der Waals surface area contributed by atoms with Crippen molar-refractivity contribution < 1.29 is 14.3 Å². The lowest BCUT2D eigenvalue weighted by Gasteiger charge is -2.42. The summed E-state index contributed by atoms with van der Waals surface area (Å²) >= 11 is 0. The van der Waals surface area contributed by atoms with E-state index in [2.05, 4.69) is 54.5 Å². The van der Waals surface area contributed by atoms with Crippen LogP contribution in [-0.4, -0.2) is 20.5 Å². The first-order valence-corrected chi connectivity index (χ1v) is 12.9. The van der Waals surface area contributed by atoms with E-state index >= 15 is 0 Å². The maximum absolute atomic E-state index is 10.9. The summed E-state index contributed by atoms with van der Waals surface area (Å²) in [5.41, 5.74) is 3.40. The van der Waals surface area contributed by atoms with Gasteiger partial charge in [0, 0.05) is 5.92 Å². The lowest BCUT2D eigenvalue weighted by atomic mass is 9.90. The van der Waals surface area contributed by atoms with Crippen LogP contribution in [0.5, 0.6) is 11.5 Å². The Labute approximate surface area is 178 Å². The van der Waals surface area contributed by atoms with Crippen molar-refractivity contribution in [3.05, 3.63) is 59.7 Å². The number of rotatable bonds is 9. The molecule has 4 heteroatoms. The minimum Gasteiger partial charge on any atom is -0.540 e. The number of hydrogen-bond donors (Lipinski definition) is 1. The molecule has 2 aromatic carbocycles. The van der Waals surface area contributed by atoms with Gasteiger partial charge < -0.3 is 14.3 Å². The van der Waals surface area contributed by atoms with Crippen LogP contribution in [0.4, 0.5) is 0 Å². The Morgan fingerprint density at radius 3 is 1.76 bits per heavy atom. The second-order valence-corrected chi connectivity index (χ2v) is 14.3. The van der Waals surface area contributed by atoms with Crippen molar-refractivity contribution in [3.8, 4) is 11.5 Å². The highest BCUT2D eigenvalue weighted by Gasteiger charge is 2.47. The zero-order valence-corrected chi connectivity index (χ0v) is 20.3. The second-order valence-electron chi connectivity index (χ2n) is 8.97. The van der Waals surface area contributed by atoms with Gasteiger partial charge in [0.1, 0.15) is 5.75 Å². The van der Waals surface area contributed by atoms with E-state index in [9.17, 15) is 5.11 Å². The second kappa shape index (κ2) is 9.81. The zero-order chi connectivity index (χ0) is 21.8. The molecule has 0 aromatic heterocycles. The third-order valence-corrected chi connectivity index (χ3v) is 12.3. The number of aliphatic hydroxyl groups excluding tert-OH is 1. The van der Waals surface area contributed by atoms with Gasteiger partial charge >= 0.3 is 0 Å². The van der Waals surface area contributed by atoms with Gasteiger partial charge in [0.15, 0.2) is 5.75 Å². The van der Waals surface area contributed by atoms with Gasteiger partial charge in [-0.3, -0.25) is 0 Å². The van der Waals surface area contributed by atoms with Crippen LogP contribution in [0.25, 0.3) is 0 Å². The van der Waals surface area contributed by atoms with Crippen molar-refractivity contribution >= 4 is 8.32 Å². The van der Waals surface area contributed by atoms with E-state index in [-0.39, 0.29) is 5.92 Å². The first-order chi connectivity index (χ1) is 13.6. The fourth-order valence-corrected chi connectivity index (χ4v) is 9.97. The van der Waals surface area contributed by atoms with Gasteiger partial charge in [-0.2, -0.15) is 0 Å². The molecule has 0 fully saturated rings. The molecule has 0 unspecified atom stereocenters. The molecule has 0 spiro atoms. The third-order valence-electron chi connectivity index (χ3n) is 6.32. The van der Waals surface area contributed by atoms with Gasteiger partial charge in [-0.25, -0.2) is 0 Å². The normalized spacial score (nSPS) is 14.3. The van der Waals surface area contributed by atoms with Crippen molar-refractivity contribution in [3.63, 3.8) is 0 Å². The SMILES string of the molecule is COc1ccc([C@@H](C)[C@@H](O)c2ccccc2)cc1O[Si](C(C)C)(C(C)C)C(C)C. The molecule has 0 amide bonds.